The minimum Gasteiger partial charge on any atom is -0.147 e. The Bertz CT molecular complexity index is 695. The first-order chi connectivity index (χ1) is 13.9. The largest absolute Gasteiger partial charge is 0.147 e. The highest BCUT2D eigenvalue weighted by molar-refractivity contribution is 5.85. The monoisotopic (exact) mass is 448 g/mol. The van der Waals surface area contributed by atoms with Gasteiger partial charge in [0.1, 0.15) is 0 Å². The minimum atomic E-state index is 0. The molecular formula is C30H53Cl. The quantitative estimate of drug-likeness (QED) is 0.374. The molecule has 0 amide bonds. The Kier molecular flexibility index (Phi) is 5.82. The van der Waals surface area contributed by atoms with Crippen LogP contribution in [0.5, 0.6) is 0 Å². The fraction of sp³-hybridized carbons (Fsp3) is 1.00. The topological polar surface area (TPSA) is 0 Å². The van der Waals surface area contributed by atoms with Crippen molar-refractivity contribution in [3.05, 3.63) is 0 Å². The van der Waals surface area contributed by atoms with E-state index in [1.54, 1.807) is 6.42 Å². The van der Waals surface area contributed by atoms with E-state index in [0.717, 1.165) is 35.5 Å². The smallest absolute Gasteiger partial charge is 0.0235 e. The zero-order valence-electron chi connectivity index (χ0n) is 22.2. The van der Waals surface area contributed by atoms with Gasteiger partial charge in [0.05, 0.1) is 0 Å². The second-order valence-electron chi connectivity index (χ2n) is 15.1. The summed E-state index contributed by atoms with van der Waals surface area (Å²) in [5, 5.41) is 0. The maximum absolute atomic E-state index is 2.82. The lowest BCUT2D eigenvalue weighted by Crippen LogP contribution is -2.65. The first kappa shape index (κ1) is 24.4. The summed E-state index contributed by atoms with van der Waals surface area (Å²) < 4.78 is 0. The summed E-state index contributed by atoms with van der Waals surface area (Å²) in [7, 11) is 0. The third kappa shape index (κ3) is 3.04. The van der Waals surface area contributed by atoms with Crippen LogP contribution >= 0.6 is 12.4 Å². The predicted molar refractivity (Wildman–Crippen MR) is 137 cm³/mol. The Hall–Kier alpha value is 0.290. The number of hydrogen-bond donors (Lipinski definition) is 0. The highest BCUT2D eigenvalue weighted by Crippen LogP contribution is 2.77. The lowest BCUT2D eigenvalue weighted by Gasteiger charge is -2.72. The van der Waals surface area contributed by atoms with Crippen molar-refractivity contribution in [1.82, 2.24) is 0 Å². The van der Waals surface area contributed by atoms with Gasteiger partial charge in [-0.05, 0) is 127 Å². The summed E-state index contributed by atoms with van der Waals surface area (Å²) in [6.07, 6.45) is 16.6. The Morgan fingerprint density at radius 2 is 1.35 bits per heavy atom. The summed E-state index contributed by atoms with van der Waals surface area (Å²) in [4.78, 5) is 0. The molecule has 0 N–H and O–H groups in total. The summed E-state index contributed by atoms with van der Waals surface area (Å²) >= 11 is 0. The summed E-state index contributed by atoms with van der Waals surface area (Å²) in [5.74, 6) is 5.78. The Morgan fingerprint density at radius 1 is 0.645 bits per heavy atom. The third-order valence-electron chi connectivity index (χ3n) is 13.5. The molecule has 4 unspecified atom stereocenters. The molecule has 0 aromatic heterocycles. The van der Waals surface area contributed by atoms with Crippen LogP contribution in [-0.4, -0.2) is 0 Å². The van der Waals surface area contributed by atoms with Crippen molar-refractivity contribution in [2.45, 2.75) is 126 Å². The lowest BCUT2D eigenvalue weighted by molar-refractivity contribution is -0.236. The fourth-order valence-electron chi connectivity index (χ4n) is 11.8. The fourth-order valence-corrected chi connectivity index (χ4v) is 11.8. The molecule has 0 aliphatic heterocycles. The van der Waals surface area contributed by atoms with Crippen LogP contribution in [-0.2, 0) is 0 Å². The molecule has 5 aliphatic carbocycles. The van der Waals surface area contributed by atoms with Crippen molar-refractivity contribution >= 4 is 12.4 Å². The second-order valence-corrected chi connectivity index (χ2v) is 15.1. The maximum Gasteiger partial charge on any atom is -0.0235 e. The van der Waals surface area contributed by atoms with Crippen LogP contribution in [0.25, 0.3) is 0 Å². The highest BCUT2D eigenvalue weighted by Gasteiger charge is 2.69. The Balaban J connectivity index is 0.00000231. The summed E-state index contributed by atoms with van der Waals surface area (Å²) in [6, 6.07) is 0. The van der Waals surface area contributed by atoms with Crippen LogP contribution in [0.1, 0.15) is 126 Å². The van der Waals surface area contributed by atoms with Crippen LogP contribution in [0.2, 0.25) is 0 Å². The standard InChI is InChI=1S/C30H52.ClH/c1-20(2)21-12-16-27(5)18-19-29(7)22(25(21)27)10-11-24-28(6)15-9-14-26(3,4)23(28)13-17-30(24,29)8;/h20-25H,9-19H2,1-8H3;1H/t21-,22?,23?,24?,25?,27-,28+,29-,30-;/m1./s1. The van der Waals surface area contributed by atoms with E-state index in [-0.39, 0.29) is 12.4 Å². The van der Waals surface area contributed by atoms with E-state index in [4.69, 9.17) is 0 Å². The number of halogens is 1. The van der Waals surface area contributed by atoms with Crippen molar-refractivity contribution < 1.29 is 0 Å². The van der Waals surface area contributed by atoms with Gasteiger partial charge in [-0.25, -0.2) is 0 Å². The average Bonchev–Trinajstić information content (AvgIpc) is 2.99. The normalized spacial score (nSPS) is 55.5. The van der Waals surface area contributed by atoms with Crippen molar-refractivity contribution in [3.8, 4) is 0 Å². The van der Waals surface area contributed by atoms with E-state index >= 15 is 0 Å². The van der Waals surface area contributed by atoms with Gasteiger partial charge in [0, 0.05) is 0 Å². The zero-order chi connectivity index (χ0) is 21.7. The molecule has 1 heteroatoms. The van der Waals surface area contributed by atoms with Gasteiger partial charge in [-0.1, -0.05) is 61.8 Å². The molecule has 0 aromatic carbocycles. The molecule has 0 bridgehead atoms. The molecule has 5 rings (SSSR count). The summed E-state index contributed by atoms with van der Waals surface area (Å²) in [6.45, 7) is 21.4. The molecule has 0 saturated heterocycles. The SMILES string of the molecule is CC(C)[C@H]1CC[C@]2(C)CC[C@]3(C)C(CCC4[C@@]5(C)CCCC(C)(C)C5CC[C@]43C)C12.Cl. The van der Waals surface area contributed by atoms with Crippen LogP contribution in [0.3, 0.4) is 0 Å². The van der Waals surface area contributed by atoms with Crippen LogP contribution in [0.4, 0.5) is 0 Å². The molecule has 180 valence electrons. The molecule has 0 spiro atoms. The molecule has 0 aromatic rings. The molecule has 0 nitrogen and oxygen atoms in total. The van der Waals surface area contributed by atoms with Crippen molar-refractivity contribution in [2.24, 2.45) is 62.6 Å². The van der Waals surface area contributed by atoms with E-state index in [0.29, 0.717) is 27.1 Å². The maximum atomic E-state index is 2.82. The predicted octanol–water partition coefficient (Wildman–Crippen LogP) is 9.56. The molecular weight excluding hydrogens is 396 g/mol. The van der Waals surface area contributed by atoms with Gasteiger partial charge in [0.25, 0.3) is 0 Å². The molecule has 5 fully saturated rings. The van der Waals surface area contributed by atoms with Gasteiger partial charge in [0.2, 0.25) is 0 Å². The third-order valence-corrected chi connectivity index (χ3v) is 13.5. The van der Waals surface area contributed by atoms with Crippen molar-refractivity contribution in [2.75, 3.05) is 0 Å². The zero-order valence-corrected chi connectivity index (χ0v) is 23.0. The Labute approximate surface area is 200 Å². The molecule has 0 heterocycles. The number of hydrogen-bond acceptors (Lipinski definition) is 0. The Morgan fingerprint density at radius 3 is 2.03 bits per heavy atom. The lowest BCUT2D eigenvalue weighted by atomic mass is 9.32. The van der Waals surface area contributed by atoms with Gasteiger partial charge >= 0.3 is 0 Å². The van der Waals surface area contributed by atoms with Crippen LogP contribution < -0.4 is 0 Å². The average molecular weight is 449 g/mol. The number of fused-ring (bicyclic) bond motifs is 7. The molecule has 5 saturated carbocycles. The van der Waals surface area contributed by atoms with E-state index < -0.39 is 0 Å². The molecule has 5 aliphatic rings. The van der Waals surface area contributed by atoms with E-state index in [2.05, 4.69) is 55.4 Å². The van der Waals surface area contributed by atoms with Crippen molar-refractivity contribution in [1.29, 1.82) is 0 Å². The first-order valence-corrected chi connectivity index (χ1v) is 13.9. The van der Waals surface area contributed by atoms with Gasteiger partial charge in [0.15, 0.2) is 0 Å². The highest BCUT2D eigenvalue weighted by atomic mass is 35.5. The molecule has 0 radical (unpaired) electrons. The minimum absolute atomic E-state index is 0. The second kappa shape index (κ2) is 7.39. The van der Waals surface area contributed by atoms with Gasteiger partial charge < -0.3 is 0 Å². The van der Waals surface area contributed by atoms with Gasteiger partial charge in [-0.2, -0.15) is 0 Å². The van der Waals surface area contributed by atoms with E-state index in [1.807, 2.05) is 0 Å². The van der Waals surface area contributed by atoms with Crippen LogP contribution in [0, 0.1) is 62.6 Å². The molecule has 31 heavy (non-hydrogen) atoms. The first-order valence-electron chi connectivity index (χ1n) is 13.9. The van der Waals surface area contributed by atoms with E-state index in [1.165, 1.54) is 64.2 Å². The molecule has 9 atom stereocenters. The van der Waals surface area contributed by atoms with E-state index in [9.17, 15) is 0 Å². The van der Waals surface area contributed by atoms with Gasteiger partial charge in [-0.3, -0.25) is 0 Å². The summed E-state index contributed by atoms with van der Waals surface area (Å²) in [5.41, 5.74) is 2.95. The number of rotatable bonds is 1. The van der Waals surface area contributed by atoms with Crippen LogP contribution in [0.15, 0.2) is 0 Å². The van der Waals surface area contributed by atoms with Crippen molar-refractivity contribution in [3.63, 3.8) is 0 Å². The van der Waals surface area contributed by atoms with Gasteiger partial charge in [-0.15, -0.1) is 12.4 Å².